The van der Waals surface area contributed by atoms with Crippen LogP contribution in [0.25, 0.3) is 0 Å². The fraction of sp³-hybridized carbons (Fsp3) is 0.462. The minimum absolute atomic E-state index is 0.0379. The summed E-state index contributed by atoms with van der Waals surface area (Å²) in [6, 6.07) is 1.69. The highest BCUT2D eigenvalue weighted by Crippen LogP contribution is 2.36. The van der Waals surface area contributed by atoms with Gasteiger partial charge in [-0.2, -0.15) is 5.26 Å². The molecule has 0 spiro atoms. The number of fused-ring (bicyclic) bond motifs is 1. The van der Waals surface area contributed by atoms with E-state index in [0.717, 1.165) is 0 Å². The molecule has 1 N–H and O–H groups in total. The van der Waals surface area contributed by atoms with Gasteiger partial charge >= 0.3 is 5.97 Å². The Morgan fingerprint density at radius 3 is 2.70 bits per heavy atom. The van der Waals surface area contributed by atoms with Crippen LogP contribution in [-0.4, -0.2) is 46.6 Å². The molecule has 1 aliphatic rings. The molecule has 0 fully saturated rings. The van der Waals surface area contributed by atoms with Crippen LogP contribution in [0.5, 0.6) is 5.75 Å². The monoisotopic (exact) mass is 277 g/mol. The molecule has 0 aliphatic carbocycles. The largest absolute Gasteiger partial charge is 0.493 e. The predicted molar refractivity (Wildman–Crippen MR) is 68.9 cm³/mol. The number of hydrogen-bond acceptors (Lipinski definition) is 4. The highest BCUT2D eigenvalue weighted by molar-refractivity contribution is 6.03. The number of ether oxygens (including phenoxy) is 1. The number of carbonyl (C=O) groups is 2. The molecule has 7 nitrogen and oxygen atoms in total. The lowest BCUT2D eigenvalue weighted by Gasteiger charge is -2.32. The number of hydrogen-bond donors (Lipinski definition) is 1. The van der Waals surface area contributed by atoms with Crippen LogP contribution in [0.15, 0.2) is 0 Å². The lowest BCUT2D eigenvalue weighted by molar-refractivity contribution is 0.0679. The molecular weight excluding hydrogens is 262 g/mol. The molecule has 2 rings (SSSR count). The second-order valence-corrected chi connectivity index (χ2v) is 4.59. The molecule has 0 saturated carbocycles. The second kappa shape index (κ2) is 4.89. The molecule has 1 aromatic rings. The summed E-state index contributed by atoms with van der Waals surface area (Å²) in [7, 11) is 1.30. The van der Waals surface area contributed by atoms with Gasteiger partial charge in [0.05, 0.1) is 13.2 Å². The standard InChI is InChI=1S/C13H15N3O4/c1-4-15-6-7(2)16-8(5-14)9(13(18)19)11(20-3)10(16)12(15)17/h7H,4,6H2,1-3H3,(H,18,19)/t7-/m0/s1. The molecule has 1 atom stereocenters. The highest BCUT2D eigenvalue weighted by atomic mass is 16.5. The van der Waals surface area contributed by atoms with Gasteiger partial charge in [0.2, 0.25) is 0 Å². The molecule has 1 aromatic heterocycles. The molecule has 0 aromatic carbocycles. The molecule has 1 amide bonds. The number of carboxylic acids is 1. The van der Waals surface area contributed by atoms with Gasteiger partial charge in [0.25, 0.3) is 5.91 Å². The number of nitrogens with zero attached hydrogens (tertiary/aromatic N) is 3. The van der Waals surface area contributed by atoms with E-state index in [0.29, 0.717) is 13.1 Å². The number of carboxylic acid groups (broad SMARTS) is 1. The van der Waals surface area contributed by atoms with Crippen LogP contribution >= 0.6 is 0 Å². The molecule has 106 valence electrons. The van der Waals surface area contributed by atoms with Crippen molar-refractivity contribution in [1.82, 2.24) is 9.47 Å². The van der Waals surface area contributed by atoms with Gasteiger partial charge in [0.1, 0.15) is 17.3 Å². The van der Waals surface area contributed by atoms with Crippen LogP contribution in [0.4, 0.5) is 0 Å². The van der Waals surface area contributed by atoms with Crippen molar-refractivity contribution in [2.24, 2.45) is 0 Å². The summed E-state index contributed by atoms with van der Waals surface area (Å²) >= 11 is 0. The van der Waals surface area contributed by atoms with Gasteiger partial charge in [0.15, 0.2) is 11.4 Å². The van der Waals surface area contributed by atoms with E-state index in [4.69, 9.17) is 4.74 Å². The van der Waals surface area contributed by atoms with E-state index >= 15 is 0 Å². The van der Waals surface area contributed by atoms with Crippen LogP contribution < -0.4 is 4.74 Å². The van der Waals surface area contributed by atoms with Gasteiger partial charge in [-0.15, -0.1) is 0 Å². The van der Waals surface area contributed by atoms with Gasteiger partial charge in [-0.25, -0.2) is 4.79 Å². The van der Waals surface area contributed by atoms with Crippen molar-refractivity contribution >= 4 is 11.9 Å². The average molecular weight is 277 g/mol. The van der Waals surface area contributed by atoms with Gasteiger partial charge in [-0.05, 0) is 13.8 Å². The van der Waals surface area contributed by atoms with Crippen LogP contribution in [-0.2, 0) is 0 Å². The Hall–Kier alpha value is -2.49. The van der Waals surface area contributed by atoms with E-state index in [1.54, 1.807) is 4.90 Å². The van der Waals surface area contributed by atoms with Gasteiger partial charge in [-0.3, -0.25) is 4.79 Å². The van der Waals surface area contributed by atoms with Crippen molar-refractivity contribution in [2.45, 2.75) is 19.9 Å². The summed E-state index contributed by atoms with van der Waals surface area (Å²) in [5.74, 6) is -1.63. The van der Waals surface area contributed by atoms with Gasteiger partial charge in [-0.1, -0.05) is 0 Å². The first-order valence-electron chi connectivity index (χ1n) is 6.22. The first-order valence-corrected chi connectivity index (χ1v) is 6.22. The molecule has 0 saturated heterocycles. The van der Waals surface area contributed by atoms with Crippen LogP contribution in [0.3, 0.4) is 0 Å². The lowest BCUT2D eigenvalue weighted by atomic mass is 10.2. The van der Waals surface area contributed by atoms with E-state index in [1.807, 2.05) is 19.9 Å². The maximum absolute atomic E-state index is 12.4. The number of aromatic carboxylic acids is 1. The maximum Gasteiger partial charge on any atom is 0.342 e. The molecular formula is C13H15N3O4. The molecule has 0 radical (unpaired) electrons. The smallest absolute Gasteiger partial charge is 0.342 e. The number of likely N-dealkylation sites (N-methyl/N-ethyl adjacent to an activating group) is 1. The average Bonchev–Trinajstić information content (AvgIpc) is 2.77. The molecule has 1 aliphatic heterocycles. The molecule has 0 unspecified atom stereocenters. The maximum atomic E-state index is 12.4. The van der Waals surface area contributed by atoms with E-state index in [9.17, 15) is 20.0 Å². The third kappa shape index (κ3) is 1.72. The van der Waals surface area contributed by atoms with Crippen LogP contribution in [0, 0.1) is 11.3 Å². The van der Waals surface area contributed by atoms with E-state index in [-0.39, 0.29) is 34.6 Å². The highest BCUT2D eigenvalue weighted by Gasteiger charge is 2.38. The second-order valence-electron chi connectivity index (χ2n) is 4.59. The van der Waals surface area contributed by atoms with Crippen molar-refractivity contribution < 1.29 is 19.4 Å². The summed E-state index contributed by atoms with van der Waals surface area (Å²) in [4.78, 5) is 25.4. The van der Waals surface area contributed by atoms with Crippen molar-refractivity contribution in [3.8, 4) is 11.8 Å². The van der Waals surface area contributed by atoms with Crippen molar-refractivity contribution in [3.63, 3.8) is 0 Å². The summed E-state index contributed by atoms with van der Waals surface area (Å²) in [6.07, 6.45) is 0. The zero-order chi connectivity index (χ0) is 15.0. The number of aromatic nitrogens is 1. The number of amides is 1. The minimum Gasteiger partial charge on any atom is -0.493 e. The van der Waals surface area contributed by atoms with Crippen LogP contribution in [0.1, 0.15) is 46.4 Å². The number of methoxy groups -OCH3 is 1. The topological polar surface area (TPSA) is 95.6 Å². The molecule has 20 heavy (non-hydrogen) atoms. The van der Waals surface area contributed by atoms with Crippen molar-refractivity contribution in [2.75, 3.05) is 20.2 Å². The summed E-state index contributed by atoms with van der Waals surface area (Å²) < 4.78 is 6.57. The summed E-state index contributed by atoms with van der Waals surface area (Å²) in [6.45, 7) is 4.64. The fourth-order valence-corrected chi connectivity index (χ4v) is 2.62. The SMILES string of the molecule is CCN1C[C@H](C)n2c(C#N)c(C(=O)O)c(OC)c2C1=O. The van der Waals surface area contributed by atoms with Gasteiger partial charge in [0, 0.05) is 13.1 Å². The molecule has 2 heterocycles. The molecule has 7 heteroatoms. The number of carbonyl (C=O) groups excluding carboxylic acids is 1. The lowest BCUT2D eigenvalue weighted by Crippen LogP contribution is -2.42. The van der Waals surface area contributed by atoms with Crippen molar-refractivity contribution in [1.29, 1.82) is 5.26 Å². The van der Waals surface area contributed by atoms with E-state index < -0.39 is 5.97 Å². The first kappa shape index (κ1) is 13.9. The van der Waals surface area contributed by atoms with E-state index in [1.165, 1.54) is 11.7 Å². The first-order chi connectivity index (χ1) is 9.47. The Balaban J connectivity index is 2.82. The molecule has 0 bridgehead atoms. The zero-order valence-electron chi connectivity index (χ0n) is 11.5. The number of rotatable bonds is 3. The Kier molecular flexibility index (Phi) is 3.40. The number of nitriles is 1. The normalized spacial score (nSPS) is 17.6. The Morgan fingerprint density at radius 2 is 2.25 bits per heavy atom. The third-order valence-electron chi connectivity index (χ3n) is 3.48. The van der Waals surface area contributed by atoms with Crippen LogP contribution in [0.2, 0.25) is 0 Å². The Bertz CT molecular complexity index is 627. The predicted octanol–water partition coefficient (Wildman–Crippen LogP) is 1.10. The zero-order valence-corrected chi connectivity index (χ0v) is 11.5. The minimum atomic E-state index is -1.27. The quantitative estimate of drug-likeness (QED) is 0.892. The Morgan fingerprint density at radius 1 is 1.60 bits per heavy atom. The summed E-state index contributed by atoms with van der Waals surface area (Å²) in [5, 5.41) is 18.5. The Labute approximate surface area is 116 Å². The van der Waals surface area contributed by atoms with E-state index in [2.05, 4.69) is 0 Å². The summed E-state index contributed by atoms with van der Waals surface area (Å²) in [5.41, 5.74) is -0.147. The third-order valence-corrected chi connectivity index (χ3v) is 3.48. The van der Waals surface area contributed by atoms with Gasteiger partial charge < -0.3 is 19.3 Å². The van der Waals surface area contributed by atoms with Crippen molar-refractivity contribution in [3.05, 3.63) is 17.0 Å². The fourth-order valence-electron chi connectivity index (χ4n) is 2.62.